The van der Waals surface area contributed by atoms with Gasteiger partial charge >= 0.3 is 0 Å². The number of rotatable bonds is 6. The smallest absolute Gasteiger partial charge is 0.234 e. The van der Waals surface area contributed by atoms with E-state index in [-0.39, 0.29) is 29.7 Å². The predicted molar refractivity (Wildman–Crippen MR) is 75.6 cm³/mol. The molecular formula is C14H27N3O2. The van der Waals surface area contributed by atoms with Crippen LogP contribution in [0.25, 0.3) is 0 Å². The lowest BCUT2D eigenvalue weighted by Crippen LogP contribution is -2.47. The summed E-state index contributed by atoms with van der Waals surface area (Å²) >= 11 is 0. The van der Waals surface area contributed by atoms with E-state index in [1.165, 1.54) is 6.92 Å². The van der Waals surface area contributed by atoms with Crippen LogP contribution in [-0.4, -0.2) is 48.3 Å². The van der Waals surface area contributed by atoms with Gasteiger partial charge in [-0.2, -0.15) is 0 Å². The molecule has 3 N–H and O–H groups in total. The molecule has 0 bridgehead atoms. The Balaban J connectivity index is 2.41. The highest BCUT2D eigenvalue weighted by Gasteiger charge is 2.27. The molecule has 110 valence electrons. The van der Waals surface area contributed by atoms with Crippen molar-refractivity contribution in [3.63, 3.8) is 0 Å². The van der Waals surface area contributed by atoms with E-state index in [1.54, 1.807) is 0 Å². The van der Waals surface area contributed by atoms with Crippen LogP contribution in [-0.2, 0) is 9.59 Å². The van der Waals surface area contributed by atoms with Gasteiger partial charge in [0, 0.05) is 12.6 Å². The van der Waals surface area contributed by atoms with Gasteiger partial charge in [0.25, 0.3) is 0 Å². The zero-order chi connectivity index (χ0) is 14.6. The lowest BCUT2D eigenvalue weighted by atomic mass is 10.0. The van der Waals surface area contributed by atoms with Crippen molar-refractivity contribution in [2.45, 2.75) is 46.2 Å². The first-order chi connectivity index (χ1) is 8.81. The predicted octanol–water partition coefficient (Wildman–Crippen LogP) is 0.385. The maximum atomic E-state index is 12.0. The van der Waals surface area contributed by atoms with Gasteiger partial charge in [0.15, 0.2) is 5.78 Å². The summed E-state index contributed by atoms with van der Waals surface area (Å²) in [7, 11) is 0. The van der Waals surface area contributed by atoms with E-state index < -0.39 is 0 Å². The minimum absolute atomic E-state index is 0.0122. The Labute approximate surface area is 115 Å². The van der Waals surface area contributed by atoms with Gasteiger partial charge in [0.1, 0.15) is 0 Å². The fourth-order valence-corrected chi connectivity index (χ4v) is 2.60. The minimum Gasteiger partial charge on any atom is -0.345 e. The second kappa shape index (κ2) is 7.01. The van der Waals surface area contributed by atoms with Crippen molar-refractivity contribution in [2.24, 2.45) is 17.6 Å². The molecule has 5 heteroatoms. The number of likely N-dealkylation sites (tertiary alicyclic amines) is 1. The molecule has 3 unspecified atom stereocenters. The summed E-state index contributed by atoms with van der Waals surface area (Å²) in [5, 5.41) is 2.83. The molecule has 0 aromatic carbocycles. The first-order valence-electron chi connectivity index (χ1n) is 7.09. The molecular weight excluding hydrogens is 242 g/mol. The van der Waals surface area contributed by atoms with Crippen molar-refractivity contribution < 1.29 is 9.59 Å². The fourth-order valence-electron chi connectivity index (χ4n) is 2.60. The Kier molecular flexibility index (Phi) is 5.94. The molecule has 1 rings (SSSR count). The molecule has 1 aliphatic rings. The number of nitrogens with zero attached hydrogens (tertiary/aromatic N) is 1. The van der Waals surface area contributed by atoms with E-state index in [0.29, 0.717) is 12.5 Å². The molecule has 19 heavy (non-hydrogen) atoms. The van der Waals surface area contributed by atoms with Gasteiger partial charge in [-0.15, -0.1) is 0 Å². The molecule has 0 radical (unpaired) electrons. The van der Waals surface area contributed by atoms with Crippen molar-refractivity contribution in [1.29, 1.82) is 0 Å². The average molecular weight is 269 g/mol. The first-order valence-corrected chi connectivity index (χ1v) is 7.09. The van der Waals surface area contributed by atoms with Crippen LogP contribution in [0.4, 0.5) is 0 Å². The van der Waals surface area contributed by atoms with Crippen molar-refractivity contribution in [1.82, 2.24) is 10.2 Å². The number of amides is 1. The summed E-state index contributed by atoms with van der Waals surface area (Å²) in [4.78, 5) is 25.5. The van der Waals surface area contributed by atoms with E-state index in [2.05, 4.69) is 10.2 Å². The molecule has 1 amide bonds. The summed E-state index contributed by atoms with van der Waals surface area (Å²) < 4.78 is 0. The van der Waals surface area contributed by atoms with Gasteiger partial charge in [-0.05, 0) is 38.6 Å². The molecule has 0 saturated carbocycles. The number of ketones is 1. The third kappa shape index (κ3) is 4.91. The fraction of sp³-hybridized carbons (Fsp3) is 0.857. The summed E-state index contributed by atoms with van der Waals surface area (Å²) in [5.74, 6) is 0.538. The average Bonchev–Trinajstić information content (AvgIpc) is 2.73. The summed E-state index contributed by atoms with van der Waals surface area (Å²) in [6.45, 7) is 9.55. The molecule has 0 aliphatic carbocycles. The number of nitrogens with two attached hydrogens (primary N) is 1. The lowest BCUT2D eigenvalue weighted by molar-refractivity contribution is -0.128. The second-order valence-corrected chi connectivity index (χ2v) is 6.04. The molecule has 0 spiro atoms. The van der Waals surface area contributed by atoms with Gasteiger partial charge in [0.05, 0.1) is 12.6 Å². The summed E-state index contributed by atoms with van der Waals surface area (Å²) in [5.41, 5.74) is 5.88. The third-order valence-corrected chi connectivity index (χ3v) is 3.84. The van der Waals surface area contributed by atoms with Crippen LogP contribution in [0.15, 0.2) is 0 Å². The Morgan fingerprint density at radius 2 is 2.00 bits per heavy atom. The number of carbonyl (C=O) groups is 2. The zero-order valence-corrected chi connectivity index (χ0v) is 12.5. The monoisotopic (exact) mass is 269 g/mol. The van der Waals surface area contributed by atoms with E-state index in [0.717, 1.165) is 19.5 Å². The third-order valence-electron chi connectivity index (χ3n) is 3.84. The quantitative estimate of drug-likeness (QED) is 0.731. The normalized spacial score (nSPS) is 23.4. The summed E-state index contributed by atoms with van der Waals surface area (Å²) in [6.07, 6.45) is 1.05. The van der Waals surface area contributed by atoms with Crippen LogP contribution >= 0.6 is 0 Å². The van der Waals surface area contributed by atoms with Gasteiger partial charge in [0.2, 0.25) is 5.91 Å². The number of hydrogen-bond donors (Lipinski definition) is 2. The number of carbonyl (C=O) groups excluding carboxylic acids is 2. The maximum Gasteiger partial charge on any atom is 0.234 e. The van der Waals surface area contributed by atoms with Crippen molar-refractivity contribution in [2.75, 3.05) is 19.6 Å². The molecule has 1 aliphatic heterocycles. The molecule has 3 atom stereocenters. The van der Waals surface area contributed by atoms with Gasteiger partial charge in [-0.3, -0.25) is 14.5 Å². The van der Waals surface area contributed by atoms with Crippen molar-refractivity contribution in [3.05, 3.63) is 0 Å². The van der Waals surface area contributed by atoms with Crippen LogP contribution in [0.1, 0.15) is 34.1 Å². The van der Waals surface area contributed by atoms with E-state index in [1.807, 2.05) is 20.8 Å². The molecule has 1 fully saturated rings. The Hall–Kier alpha value is -0.940. The van der Waals surface area contributed by atoms with Gasteiger partial charge < -0.3 is 11.1 Å². The molecule has 0 aromatic rings. The van der Waals surface area contributed by atoms with Crippen LogP contribution in [0.2, 0.25) is 0 Å². The van der Waals surface area contributed by atoms with E-state index in [9.17, 15) is 9.59 Å². The number of Topliss-reactive ketones (excluding diaryl/α,β-unsaturated/α-hetero) is 1. The van der Waals surface area contributed by atoms with Gasteiger partial charge in [-0.1, -0.05) is 13.8 Å². The topological polar surface area (TPSA) is 75.4 Å². The number of hydrogen-bond acceptors (Lipinski definition) is 4. The molecule has 0 aromatic heterocycles. The van der Waals surface area contributed by atoms with Crippen molar-refractivity contribution >= 4 is 11.7 Å². The van der Waals surface area contributed by atoms with Gasteiger partial charge in [-0.25, -0.2) is 0 Å². The minimum atomic E-state index is -0.376. The SMILES string of the molecule is CC(=O)C(NC(=O)CN1CCC(C(C)N)C1)C(C)C. The highest BCUT2D eigenvalue weighted by atomic mass is 16.2. The largest absolute Gasteiger partial charge is 0.345 e. The zero-order valence-electron chi connectivity index (χ0n) is 12.5. The standard InChI is InChI=1S/C14H27N3O2/c1-9(2)14(11(4)18)16-13(19)8-17-6-5-12(7-17)10(3)15/h9-10,12,14H,5-8,15H2,1-4H3,(H,16,19). The van der Waals surface area contributed by atoms with Crippen LogP contribution in [0.3, 0.4) is 0 Å². The Bertz CT molecular complexity index is 329. The first kappa shape index (κ1) is 16.1. The maximum absolute atomic E-state index is 12.0. The Morgan fingerprint density at radius 3 is 2.42 bits per heavy atom. The van der Waals surface area contributed by atoms with Crippen LogP contribution in [0, 0.1) is 11.8 Å². The van der Waals surface area contributed by atoms with E-state index >= 15 is 0 Å². The Morgan fingerprint density at radius 1 is 1.37 bits per heavy atom. The number of nitrogens with one attached hydrogen (secondary N) is 1. The molecule has 1 heterocycles. The molecule has 5 nitrogen and oxygen atoms in total. The second-order valence-electron chi connectivity index (χ2n) is 6.04. The van der Waals surface area contributed by atoms with Crippen LogP contribution in [0.5, 0.6) is 0 Å². The van der Waals surface area contributed by atoms with Crippen LogP contribution < -0.4 is 11.1 Å². The van der Waals surface area contributed by atoms with E-state index in [4.69, 9.17) is 5.73 Å². The summed E-state index contributed by atoms with van der Waals surface area (Å²) in [6, 6.07) is -0.201. The van der Waals surface area contributed by atoms with Crippen molar-refractivity contribution in [3.8, 4) is 0 Å². The lowest BCUT2D eigenvalue weighted by Gasteiger charge is -2.22. The highest BCUT2D eigenvalue weighted by Crippen LogP contribution is 2.18. The molecule has 1 saturated heterocycles. The highest BCUT2D eigenvalue weighted by molar-refractivity contribution is 5.88.